The minimum absolute atomic E-state index is 0.124. The summed E-state index contributed by atoms with van der Waals surface area (Å²) in [6, 6.07) is -0.866. The van der Waals surface area contributed by atoms with E-state index in [4.69, 9.17) is 9.47 Å². The van der Waals surface area contributed by atoms with Crippen molar-refractivity contribution in [3.63, 3.8) is 0 Å². The molecule has 0 unspecified atom stereocenters. The Bertz CT molecular complexity index is 678. The van der Waals surface area contributed by atoms with Gasteiger partial charge < -0.3 is 14.4 Å². The Morgan fingerprint density at radius 1 is 1.28 bits per heavy atom. The molecule has 0 spiro atoms. The fourth-order valence-corrected chi connectivity index (χ4v) is 4.89. The summed E-state index contributed by atoms with van der Waals surface area (Å²) in [6.45, 7) is 5.81. The van der Waals surface area contributed by atoms with Crippen molar-refractivity contribution < 1.29 is 33.9 Å². The zero-order valence-corrected chi connectivity index (χ0v) is 19.5. The lowest BCUT2D eigenvalue weighted by atomic mass is 9.83. The third kappa shape index (κ3) is 6.90. The van der Waals surface area contributed by atoms with Crippen molar-refractivity contribution in [2.75, 3.05) is 26.8 Å². The van der Waals surface area contributed by atoms with Gasteiger partial charge in [-0.2, -0.15) is 0 Å². The molecule has 2 aliphatic rings. The molecule has 182 valence electrons. The number of likely N-dealkylation sites (tertiary alicyclic amines) is 1. The molecule has 1 saturated heterocycles. The van der Waals surface area contributed by atoms with E-state index in [-0.39, 0.29) is 25.5 Å². The highest BCUT2D eigenvalue weighted by atomic mass is 16.6. The Hall–Kier alpha value is -2.20. The summed E-state index contributed by atoms with van der Waals surface area (Å²) < 4.78 is 10.0. The van der Waals surface area contributed by atoms with Gasteiger partial charge in [-0.05, 0) is 31.1 Å². The van der Waals surface area contributed by atoms with Gasteiger partial charge in [0.2, 0.25) is 12.3 Å². The first-order valence-corrected chi connectivity index (χ1v) is 11.3. The first kappa shape index (κ1) is 26.1. The third-order valence-corrected chi connectivity index (χ3v) is 6.49. The zero-order chi connectivity index (χ0) is 23.9. The smallest absolute Gasteiger partial charge is 0.414 e. The Balaban J connectivity index is 2.14. The maximum Gasteiger partial charge on any atom is 0.414 e. The highest BCUT2D eigenvalue weighted by molar-refractivity contribution is 5.98. The molecule has 2 rings (SSSR count). The van der Waals surface area contributed by atoms with Crippen molar-refractivity contribution in [1.82, 2.24) is 15.3 Å². The highest BCUT2D eigenvalue weighted by Gasteiger charge is 2.49. The summed E-state index contributed by atoms with van der Waals surface area (Å²) in [5, 5.41) is 12.5. The van der Waals surface area contributed by atoms with Gasteiger partial charge in [-0.15, -0.1) is 0 Å². The monoisotopic (exact) mass is 455 g/mol. The van der Waals surface area contributed by atoms with Gasteiger partial charge in [0.15, 0.2) is 0 Å². The molecule has 0 aromatic carbocycles. The molecule has 0 aromatic heterocycles. The molecule has 3 atom stereocenters. The van der Waals surface area contributed by atoms with E-state index in [2.05, 4.69) is 5.32 Å². The third-order valence-electron chi connectivity index (χ3n) is 6.49. The summed E-state index contributed by atoms with van der Waals surface area (Å²) in [7, 11) is 1.48. The molecule has 1 aliphatic carbocycles. The van der Waals surface area contributed by atoms with E-state index in [1.54, 1.807) is 6.92 Å². The number of ether oxygens (including phenoxy) is 2. The van der Waals surface area contributed by atoms with E-state index in [1.807, 2.05) is 13.8 Å². The molecule has 4 amide bonds. The van der Waals surface area contributed by atoms with Crippen LogP contribution in [0.1, 0.15) is 59.3 Å². The first-order valence-electron chi connectivity index (χ1n) is 11.3. The average molecular weight is 456 g/mol. The topological polar surface area (TPSA) is 125 Å². The molecule has 2 fully saturated rings. The quantitative estimate of drug-likeness (QED) is 0.293. The van der Waals surface area contributed by atoms with Gasteiger partial charge in [-0.25, -0.2) is 9.86 Å². The van der Waals surface area contributed by atoms with Crippen molar-refractivity contribution >= 4 is 24.3 Å². The molecular weight excluding hydrogens is 418 g/mol. The van der Waals surface area contributed by atoms with Crippen molar-refractivity contribution in [3.05, 3.63) is 0 Å². The second-order valence-electron chi connectivity index (χ2n) is 9.64. The van der Waals surface area contributed by atoms with Crippen molar-refractivity contribution in [2.45, 2.75) is 71.4 Å². The Kier molecular flexibility index (Phi) is 9.45. The lowest BCUT2D eigenvalue weighted by Crippen LogP contribution is -2.54. The number of hydrogen-bond donors (Lipinski definition) is 2. The van der Waals surface area contributed by atoms with Crippen LogP contribution < -0.4 is 5.32 Å². The number of rotatable bonds is 10. The van der Waals surface area contributed by atoms with Gasteiger partial charge in [0, 0.05) is 13.7 Å². The molecule has 10 heteroatoms. The van der Waals surface area contributed by atoms with Gasteiger partial charge in [0.25, 0.3) is 5.91 Å². The van der Waals surface area contributed by atoms with Crippen LogP contribution in [0.15, 0.2) is 0 Å². The number of carbonyl (C=O) groups is 4. The fraction of sp³-hybridized carbons (Fsp3) is 0.818. The second kappa shape index (κ2) is 11.6. The highest BCUT2D eigenvalue weighted by Crippen LogP contribution is 2.38. The maximum atomic E-state index is 13.5. The number of imide groups is 1. The molecule has 0 bridgehead atoms. The number of nitrogens with one attached hydrogen (secondary N) is 1. The van der Waals surface area contributed by atoms with Gasteiger partial charge >= 0.3 is 6.09 Å². The number of amides is 4. The zero-order valence-electron chi connectivity index (χ0n) is 19.5. The SMILES string of the molecule is COC[C@@H](C)OC(=O)NC(=O)[C@H]1N(C(=O)[C@H](CC2CCCC2)CN(O)C=O)CCC1(C)C. The lowest BCUT2D eigenvalue weighted by Gasteiger charge is -2.34. The van der Waals surface area contributed by atoms with Crippen LogP contribution in [-0.2, 0) is 23.9 Å². The predicted molar refractivity (Wildman–Crippen MR) is 114 cm³/mol. The molecule has 0 radical (unpaired) electrons. The number of alkyl carbamates (subject to hydrolysis) is 1. The molecule has 1 saturated carbocycles. The largest absolute Gasteiger partial charge is 0.444 e. The van der Waals surface area contributed by atoms with Crippen LogP contribution in [0.4, 0.5) is 4.79 Å². The number of carbonyl (C=O) groups excluding carboxylic acids is 4. The fourth-order valence-electron chi connectivity index (χ4n) is 4.89. The van der Waals surface area contributed by atoms with E-state index >= 15 is 0 Å². The molecular formula is C22H37N3O7. The van der Waals surface area contributed by atoms with E-state index in [0.29, 0.717) is 30.4 Å². The van der Waals surface area contributed by atoms with Crippen LogP contribution in [0.5, 0.6) is 0 Å². The molecule has 1 heterocycles. The maximum absolute atomic E-state index is 13.5. The number of methoxy groups -OCH3 is 1. The Morgan fingerprint density at radius 2 is 1.94 bits per heavy atom. The van der Waals surface area contributed by atoms with Crippen molar-refractivity contribution in [3.8, 4) is 0 Å². The van der Waals surface area contributed by atoms with Crippen molar-refractivity contribution in [1.29, 1.82) is 0 Å². The minimum atomic E-state index is -0.889. The number of hydrogen-bond acceptors (Lipinski definition) is 7. The number of nitrogens with zero attached hydrogens (tertiary/aromatic N) is 2. The molecule has 0 aromatic rings. The first-order chi connectivity index (χ1) is 15.1. The lowest BCUT2D eigenvalue weighted by molar-refractivity contribution is -0.159. The standard InChI is InChI=1S/C22H37N3O7/c1-15(13-31-4)32-21(29)23-19(27)18-22(2,3)9-10-25(18)20(28)17(12-24(30)14-26)11-16-7-5-6-8-16/h14-18,30H,5-13H2,1-4H3,(H,23,27,29)/t15-,17-,18-/m1/s1. The van der Waals surface area contributed by atoms with Crippen LogP contribution >= 0.6 is 0 Å². The van der Waals surface area contributed by atoms with E-state index < -0.39 is 35.5 Å². The van der Waals surface area contributed by atoms with Gasteiger partial charge in [-0.3, -0.25) is 24.9 Å². The molecule has 2 N–H and O–H groups in total. The summed E-state index contributed by atoms with van der Waals surface area (Å²) in [4.78, 5) is 51.1. The summed E-state index contributed by atoms with van der Waals surface area (Å²) >= 11 is 0. The van der Waals surface area contributed by atoms with E-state index in [1.165, 1.54) is 12.0 Å². The molecule has 10 nitrogen and oxygen atoms in total. The van der Waals surface area contributed by atoms with Gasteiger partial charge in [-0.1, -0.05) is 39.5 Å². The number of hydroxylamine groups is 2. The average Bonchev–Trinajstić information content (AvgIpc) is 3.33. The Morgan fingerprint density at radius 3 is 2.53 bits per heavy atom. The summed E-state index contributed by atoms with van der Waals surface area (Å²) in [5.41, 5.74) is -0.556. The normalized spacial score (nSPS) is 22.3. The van der Waals surface area contributed by atoms with E-state index in [9.17, 15) is 24.4 Å². The summed E-state index contributed by atoms with van der Waals surface area (Å²) in [6.07, 6.45) is 4.22. The van der Waals surface area contributed by atoms with Gasteiger partial charge in [0.05, 0.1) is 19.1 Å². The molecule has 32 heavy (non-hydrogen) atoms. The minimum Gasteiger partial charge on any atom is -0.444 e. The predicted octanol–water partition coefficient (Wildman–Crippen LogP) is 1.95. The van der Waals surface area contributed by atoms with Crippen LogP contribution in [-0.4, -0.2) is 78.4 Å². The van der Waals surface area contributed by atoms with Gasteiger partial charge in [0.1, 0.15) is 12.1 Å². The Labute approximate surface area is 189 Å². The summed E-state index contributed by atoms with van der Waals surface area (Å²) in [5.74, 6) is -1.16. The van der Waals surface area contributed by atoms with Crippen LogP contribution in [0.2, 0.25) is 0 Å². The molecule has 1 aliphatic heterocycles. The van der Waals surface area contributed by atoms with E-state index in [0.717, 1.165) is 25.7 Å². The van der Waals surface area contributed by atoms with Crippen LogP contribution in [0.3, 0.4) is 0 Å². The second-order valence-corrected chi connectivity index (χ2v) is 9.64. The van der Waals surface area contributed by atoms with Crippen molar-refractivity contribution in [2.24, 2.45) is 17.3 Å². The van der Waals surface area contributed by atoms with Crippen LogP contribution in [0.25, 0.3) is 0 Å². The van der Waals surface area contributed by atoms with Crippen LogP contribution in [0, 0.1) is 17.3 Å².